The number of methoxy groups -OCH3 is 2. The Hall–Kier alpha value is -4.77. The summed E-state index contributed by atoms with van der Waals surface area (Å²) in [5.74, 6) is 3.44. The highest BCUT2D eigenvalue weighted by Gasteiger charge is 2.30. The van der Waals surface area contributed by atoms with Gasteiger partial charge < -0.3 is 24.0 Å². The first-order valence-electron chi connectivity index (χ1n) is 14.4. The van der Waals surface area contributed by atoms with Crippen molar-refractivity contribution < 1.29 is 19.0 Å². The number of ether oxygens (including phenoxy) is 3. The van der Waals surface area contributed by atoms with E-state index in [9.17, 15) is 4.79 Å². The van der Waals surface area contributed by atoms with Gasteiger partial charge in [-0.15, -0.1) is 0 Å². The third-order valence-corrected chi connectivity index (χ3v) is 7.75. The minimum absolute atomic E-state index is 0.0318. The van der Waals surface area contributed by atoms with Crippen molar-refractivity contribution in [3.8, 4) is 22.8 Å². The Morgan fingerprint density at radius 2 is 1.44 bits per heavy atom. The van der Waals surface area contributed by atoms with E-state index in [-0.39, 0.29) is 5.91 Å². The maximum atomic E-state index is 12.4. The smallest absolute Gasteiger partial charge is 0.228 e. The van der Waals surface area contributed by atoms with Crippen molar-refractivity contribution in [2.24, 2.45) is 0 Å². The average molecular weight is 582 g/mol. The number of benzene rings is 2. The number of nitrogens with zero attached hydrogens (tertiary/aromatic N) is 7. The molecule has 0 atom stereocenters. The standard InChI is InChI=1S/C32H35N7O4/c1-22(40)39-13-12-28-29(35-32(36-30(28)39)37-14-16-43-17-15-37)25-18-33-31(34-19-25)38(20-23-4-8-26(41-2)9-5-23)21-24-6-10-27(42-3)11-7-24/h4-11,18-19H,12-17,20-21H2,1-3H3. The van der Waals surface area contributed by atoms with Crippen LogP contribution in [0, 0.1) is 0 Å². The van der Waals surface area contributed by atoms with Gasteiger partial charge in [-0.25, -0.2) is 15.0 Å². The first-order valence-corrected chi connectivity index (χ1v) is 14.4. The van der Waals surface area contributed by atoms with Crippen LogP contribution in [0.15, 0.2) is 60.9 Å². The van der Waals surface area contributed by atoms with Gasteiger partial charge in [-0.05, 0) is 41.8 Å². The van der Waals surface area contributed by atoms with Crippen LogP contribution >= 0.6 is 0 Å². The molecule has 0 spiro atoms. The van der Waals surface area contributed by atoms with E-state index in [1.807, 2.05) is 60.9 Å². The minimum atomic E-state index is -0.0318. The average Bonchev–Trinajstić information content (AvgIpc) is 3.50. The number of anilines is 3. The van der Waals surface area contributed by atoms with Crippen molar-refractivity contribution in [3.05, 3.63) is 77.6 Å². The highest BCUT2D eigenvalue weighted by molar-refractivity contribution is 5.94. The van der Waals surface area contributed by atoms with Gasteiger partial charge in [-0.3, -0.25) is 9.69 Å². The zero-order valence-electron chi connectivity index (χ0n) is 24.7. The molecular weight excluding hydrogens is 546 g/mol. The van der Waals surface area contributed by atoms with Crippen LogP contribution in [0.4, 0.5) is 17.7 Å². The lowest BCUT2D eigenvalue weighted by Gasteiger charge is -2.28. The summed E-state index contributed by atoms with van der Waals surface area (Å²) in [5, 5.41) is 0. The quantitative estimate of drug-likeness (QED) is 0.289. The van der Waals surface area contributed by atoms with Gasteiger partial charge in [0.2, 0.25) is 17.8 Å². The summed E-state index contributed by atoms with van der Waals surface area (Å²) >= 11 is 0. The van der Waals surface area contributed by atoms with E-state index >= 15 is 0 Å². The van der Waals surface area contributed by atoms with E-state index in [0.717, 1.165) is 39.4 Å². The monoisotopic (exact) mass is 581 g/mol. The van der Waals surface area contributed by atoms with E-state index in [1.165, 1.54) is 0 Å². The lowest BCUT2D eigenvalue weighted by Crippen LogP contribution is -2.37. The van der Waals surface area contributed by atoms with Crippen molar-refractivity contribution in [2.45, 2.75) is 26.4 Å². The summed E-state index contributed by atoms with van der Waals surface area (Å²) in [4.78, 5) is 37.8. The Labute approximate surface area is 251 Å². The number of hydrogen-bond donors (Lipinski definition) is 0. The molecule has 4 heterocycles. The molecule has 0 unspecified atom stereocenters. The van der Waals surface area contributed by atoms with Crippen molar-refractivity contribution >= 4 is 23.6 Å². The van der Waals surface area contributed by atoms with Gasteiger partial charge in [0.15, 0.2) is 0 Å². The molecule has 0 radical (unpaired) electrons. The number of hydrogen-bond acceptors (Lipinski definition) is 10. The van der Waals surface area contributed by atoms with Crippen LogP contribution in [0.2, 0.25) is 0 Å². The fourth-order valence-corrected chi connectivity index (χ4v) is 5.40. The van der Waals surface area contributed by atoms with E-state index in [1.54, 1.807) is 26.0 Å². The molecule has 0 aliphatic carbocycles. The number of carbonyl (C=O) groups excluding carboxylic acids is 1. The summed E-state index contributed by atoms with van der Waals surface area (Å²) in [5.41, 5.74) is 4.71. The van der Waals surface area contributed by atoms with Crippen LogP contribution in [0.25, 0.3) is 11.3 Å². The Bertz CT molecular complexity index is 1510. The number of fused-ring (bicyclic) bond motifs is 1. The van der Waals surface area contributed by atoms with Crippen molar-refractivity contribution in [1.82, 2.24) is 19.9 Å². The van der Waals surface area contributed by atoms with Gasteiger partial charge in [-0.2, -0.15) is 4.98 Å². The summed E-state index contributed by atoms with van der Waals surface area (Å²) < 4.78 is 16.2. The van der Waals surface area contributed by atoms with Crippen molar-refractivity contribution in [2.75, 3.05) is 61.8 Å². The largest absolute Gasteiger partial charge is 0.497 e. The molecule has 43 heavy (non-hydrogen) atoms. The van der Waals surface area contributed by atoms with Gasteiger partial charge in [0, 0.05) is 63.2 Å². The Morgan fingerprint density at radius 1 is 0.860 bits per heavy atom. The van der Waals surface area contributed by atoms with Gasteiger partial charge in [0.1, 0.15) is 17.3 Å². The lowest BCUT2D eigenvalue weighted by atomic mass is 10.1. The Kier molecular flexibility index (Phi) is 8.32. The molecular formula is C32H35N7O4. The van der Waals surface area contributed by atoms with E-state index in [2.05, 4.69) is 9.80 Å². The molecule has 0 saturated carbocycles. The molecule has 1 saturated heterocycles. The number of carbonyl (C=O) groups is 1. The fourth-order valence-electron chi connectivity index (χ4n) is 5.40. The Balaban J connectivity index is 1.33. The second-order valence-corrected chi connectivity index (χ2v) is 10.5. The number of morpholine rings is 1. The van der Waals surface area contributed by atoms with Crippen LogP contribution in [-0.2, 0) is 29.0 Å². The second kappa shape index (κ2) is 12.6. The molecule has 11 heteroatoms. The van der Waals surface area contributed by atoms with Crippen LogP contribution in [0.3, 0.4) is 0 Å². The zero-order valence-corrected chi connectivity index (χ0v) is 24.7. The summed E-state index contributed by atoms with van der Waals surface area (Å²) in [6.07, 6.45) is 4.31. The predicted octanol–water partition coefficient (Wildman–Crippen LogP) is 3.90. The molecule has 6 rings (SSSR count). The molecule has 2 aliphatic rings. The zero-order chi connectivity index (χ0) is 29.8. The molecule has 4 aromatic rings. The Morgan fingerprint density at radius 3 is 1.98 bits per heavy atom. The maximum absolute atomic E-state index is 12.4. The van der Waals surface area contributed by atoms with Crippen molar-refractivity contribution in [3.63, 3.8) is 0 Å². The molecule has 0 N–H and O–H groups in total. The van der Waals surface area contributed by atoms with E-state index < -0.39 is 0 Å². The molecule has 1 fully saturated rings. The molecule has 2 aliphatic heterocycles. The van der Waals surface area contributed by atoms with Crippen LogP contribution in [-0.4, -0.2) is 72.9 Å². The first-order chi connectivity index (χ1) is 21.0. The highest BCUT2D eigenvalue weighted by atomic mass is 16.5. The topological polar surface area (TPSA) is 106 Å². The van der Waals surface area contributed by atoms with Gasteiger partial charge in [0.25, 0.3) is 0 Å². The number of aromatic nitrogens is 4. The fraction of sp³-hybridized carbons (Fsp3) is 0.344. The van der Waals surface area contributed by atoms with Gasteiger partial charge in [0.05, 0.1) is 33.1 Å². The molecule has 1 amide bonds. The third kappa shape index (κ3) is 6.21. The molecule has 222 valence electrons. The molecule has 11 nitrogen and oxygen atoms in total. The van der Waals surface area contributed by atoms with E-state index in [0.29, 0.717) is 70.1 Å². The molecule has 0 bridgehead atoms. The maximum Gasteiger partial charge on any atom is 0.228 e. The van der Waals surface area contributed by atoms with Crippen molar-refractivity contribution in [1.29, 1.82) is 0 Å². The number of rotatable bonds is 9. The molecule has 2 aromatic carbocycles. The number of amides is 1. The van der Waals surface area contributed by atoms with Crippen LogP contribution in [0.5, 0.6) is 11.5 Å². The SMILES string of the molecule is COc1ccc(CN(Cc2ccc(OC)cc2)c2ncc(-c3nc(N4CCOCC4)nc4c3CCN4C(C)=O)cn2)cc1. The summed E-state index contributed by atoms with van der Waals surface area (Å²) in [6, 6.07) is 16.0. The second-order valence-electron chi connectivity index (χ2n) is 10.5. The lowest BCUT2D eigenvalue weighted by molar-refractivity contribution is -0.116. The molecule has 2 aromatic heterocycles. The van der Waals surface area contributed by atoms with Crippen LogP contribution < -0.4 is 24.2 Å². The normalized spacial score (nSPS) is 14.4. The van der Waals surface area contributed by atoms with Gasteiger partial charge in [-0.1, -0.05) is 24.3 Å². The van der Waals surface area contributed by atoms with E-state index in [4.69, 9.17) is 34.1 Å². The highest BCUT2D eigenvalue weighted by Crippen LogP contribution is 2.35. The van der Waals surface area contributed by atoms with Crippen LogP contribution in [0.1, 0.15) is 23.6 Å². The van der Waals surface area contributed by atoms with Gasteiger partial charge >= 0.3 is 0 Å². The third-order valence-electron chi connectivity index (χ3n) is 7.75. The summed E-state index contributed by atoms with van der Waals surface area (Å²) in [6.45, 7) is 5.97. The minimum Gasteiger partial charge on any atom is -0.497 e. The first kappa shape index (κ1) is 28.4. The summed E-state index contributed by atoms with van der Waals surface area (Å²) in [7, 11) is 3.32. The predicted molar refractivity (Wildman–Crippen MR) is 164 cm³/mol.